The lowest BCUT2D eigenvalue weighted by molar-refractivity contribution is 0.562. The maximum absolute atomic E-state index is 11.7. The smallest absolute Gasteiger partial charge is 0.181 e. The van der Waals surface area contributed by atoms with Crippen molar-refractivity contribution in [3.8, 4) is 11.4 Å². The number of nitrogens with zero attached hydrogens (tertiary/aromatic N) is 4. The van der Waals surface area contributed by atoms with Crippen molar-refractivity contribution in [2.45, 2.75) is 18.9 Å². The first kappa shape index (κ1) is 14.0. The molecule has 1 N–H and O–H groups in total. The zero-order valence-corrected chi connectivity index (χ0v) is 12.5. The molecule has 0 radical (unpaired) electrons. The van der Waals surface area contributed by atoms with E-state index in [1.54, 1.807) is 11.7 Å². The summed E-state index contributed by atoms with van der Waals surface area (Å²) in [6, 6.07) is 7.66. The van der Waals surface area contributed by atoms with Gasteiger partial charge < -0.3 is 5.32 Å². The molecular weight excluding hydrogens is 290 g/mol. The van der Waals surface area contributed by atoms with E-state index >= 15 is 0 Å². The van der Waals surface area contributed by atoms with E-state index in [0.29, 0.717) is 18.0 Å². The predicted octanol–water partition coefficient (Wildman–Crippen LogP) is 0.866. The van der Waals surface area contributed by atoms with Crippen LogP contribution in [0.1, 0.15) is 12.8 Å². The van der Waals surface area contributed by atoms with Crippen LogP contribution < -0.4 is 5.32 Å². The molecule has 1 fully saturated rings. The van der Waals surface area contributed by atoms with E-state index in [9.17, 15) is 8.42 Å². The Hall–Kier alpha value is -1.96. The summed E-state index contributed by atoms with van der Waals surface area (Å²) in [4.78, 5) is 0. The highest BCUT2D eigenvalue weighted by molar-refractivity contribution is 7.91. The van der Waals surface area contributed by atoms with Gasteiger partial charge in [-0.3, -0.25) is 0 Å². The number of aromatic nitrogens is 4. The number of tetrazole rings is 1. The minimum absolute atomic E-state index is 0.0309. The largest absolute Gasteiger partial charge is 0.381 e. The van der Waals surface area contributed by atoms with Crippen LogP contribution in [0.3, 0.4) is 0 Å². The fourth-order valence-electron chi connectivity index (χ4n) is 2.59. The van der Waals surface area contributed by atoms with Gasteiger partial charge in [-0.1, -0.05) is 12.1 Å². The predicted molar refractivity (Wildman–Crippen MR) is 79.5 cm³/mol. The molecule has 1 aliphatic heterocycles. The van der Waals surface area contributed by atoms with Gasteiger partial charge in [-0.15, -0.1) is 5.10 Å². The van der Waals surface area contributed by atoms with E-state index < -0.39 is 9.84 Å². The van der Waals surface area contributed by atoms with Crippen LogP contribution in [0.25, 0.3) is 11.4 Å². The molecule has 112 valence electrons. The molecule has 1 saturated heterocycles. The summed E-state index contributed by atoms with van der Waals surface area (Å²) < 4.78 is 25.0. The average Bonchev–Trinajstić information content (AvgIpc) is 2.84. The first-order valence-corrected chi connectivity index (χ1v) is 8.65. The summed E-state index contributed by atoms with van der Waals surface area (Å²) in [5.41, 5.74) is 1.78. The van der Waals surface area contributed by atoms with Gasteiger partial charge in [-0.2, -0.15) is 0 Å². The highest BCUT2D eigenvalue weighted by Crippen LogP contribution is 2.22. The van der Waals surface area contributed by atoms with Gasteiger partial charge >= 0.3 is 0 Å². The van der Waals surface area contributed by atoms with Crippen molar-refractivity contribution >= 4 is 15.5 Å². The molecule has 3 rings (SSSR count). The lowest BCUT2D eigenvalue weighted by atomic mass is 10.1. The normalized spacial score (nSPS) is 21.1. The Morgan fingerprint density at radius 2 is 2.24 bits per heavy atom. The molecule has 0 amide bonds. The fraction of sp³-hybridized carbons (Fsp3) is 0.462. The van der Waals surface area contributed by atoms with Gasteiger partial charge in [0.25, 0.3) is 0 Å². The van der Waals surface area contributed by atoms with Crippen molar-refractivity contribution in [2.75, 3.05) is 16.8 Å². The molecule has 0 bridgehead atoms. The van der Waals surface area contributed by atoms with E-state index in [-0.39, 0.29) is 11.8 Å². The number of sulfone groups is 1. The van der Waals surface area contributed by atoms with Gasteiger partial charge in [0, 0.05) is 24.3 Å². The molecule has 1 unspecified atom stereocenters. The fourth-order valence-corrected chi connectivity index (χ4v) is 4.23. The maximum Gasteiger partial charge on any atom is 0.181 e. The second-order valence-electron chi connectivity index (χ2n) is 5.30. The first-order chi connectivity index (χ1) is 10.0. The van der Waals surface area contributed by atoms with E-state index in [1.165, 1.54) is 0 Å². The monoisotopic (exact) mass is 307 g/mol. The van der Waals surface area contributed by atoms with Crippen molar-refractivity contribution in [1.29, 1.82) is 0 Å². The molecule has 1 aromatic heterocycles. The molecule has 1 aliphatic rings. The van der Waals surface area contributed by atoms with Crippen LogP contribution in [0, 0.1) is 0 Å². The van der Waals surface area contributed by atoms with Crippen LogP contribution >= 0.6 is 0 Å². The minimum atomic E-state index is -2.91. The Labute approximate surface area is 123 Å². The molecular formula is C13H17N5O2S. The third kappa shape index (κ3) is 3.21. The molecule has 8 heteroatoms. The van der Waals surface area contributed by atoms with Gasteiger partial charge in [0.2, 0.25) is 0 Å². The number of nitrogens with one attached hydrogen (secondary N) is 1. The topological polar surface area (TPSA) is 89.8 Å². The summed E-state index contributed by atoms with van der Waals surface area (Å²) in [6.07, 6.45) is 1.59. The number of aryl methyl sites for hydroxylation is 1. The van der Waals surface area contributed by atoms with E-state index in [1.807, 2.05) is 24.3 Å². The number of benzene rings is 1. The van der Waals surface area contributed by atoms with Crippen molar-refractivity contribution in [3.05, 3.63) is 24.3 Å². The van der Waals surface area contributed by atoms with Crippen LogP contribution in [-0.2, 0) is 16.9 Å². The van der Waals surface area contributed by atoms with Crippen LogP contribution in [0.2, 0.25) is 0 Å². The summed E-state index contributed by atoms with van der Waals surface area (Å²) in [6.45, 7) is 0. The quantitative estimate of drug-likeness (QED) is 0.905. The van der Waals surface area contributed by atoms with E-state index in [4.69, 9.17) is 0 Å². The number of hydrogen-bond donors (Lipinski definition) is 1. The van der Waals surface area contributed by atoms with Gasteiger partial charge in [-0.25, -0.2) is 13.1 Å². The highest BCUT2D eigenvalue weighted by Gasteiger charge is 2.24. The van der Waals surface area contributed by atoms with E-state index in [2.05, 4.69) is 20.8 Å². The summed E-state index contributed by atoms with van der Waals surface area (Å²) in [5.74, 6) is 1.17. The lowest BCUT2D eigenvalue weighted by Crippen LogP contribution is -2.34. The summed E-state index contributed by atoms with van der Waals surface area (Å²) in [5, 5.41) is 14.7. The zero-order chi connectivity index (χ0) is 14.9. The molecule has 0 spiro atoms. The Kier molecular flexibility index (Phi) is 3.62. The molecule has 2 aromatic rings. The number of hydrogen-bond acceptors (Lipinski definition) is 6. The summed E-state index contributed by atoms with van der Waals surface area (Å²) >= 11 is 0. The SMILES string of the molecule is Cn1nnnc1-c1cccc(NC2CCCS(=O)(=O)C2)c1. The van der Waals surface area contributed by atoms with Gasteiger partial charge in [0.15, 0.2) is 15.7 Å². The van der Waals surface area contributed by atoms with E-state index in [0.717, 1.165) is 17.7 Å². The van der Waals surface area contributed by atoms with Gasteiger partial charge in [0.1, 0.15) is 0 Å². The van der Waals surface area contributed by atoms with Gasteiger partial charge in [0.05, 0.1) is 11.5 Å². The zero-order valence-electron chi connectivity index (χ0n) is 11.7. The standard InChI is InChI=1S/C13H17N5O2S/c1-18-13(15-16-17-18)10-4-2-5-11(8-10)14-12-6-3-7-21(19,20)9-12/h2,4-5,8,12,14H,3,6-7,9H2,1H3. The van der Waals surface area contributed by atoms with Crippen LogP contribution in [0.15, 0.2) is 24.3 Å². The molecule has 1 atom stereocenters. The minimum Gasteiger partial charge on any atom is -0.381 e. The molecule has 7 nitrogen and oxygen atoms in total. The molecule has 21 heavy (non-hydrogen) atoms. The number of rotatable bonds is 3. The molecule has 0 aliphatic carbocycles. The molecule has 0 saturated carbocycles. The Bertz CT molecular complexity index is 741. The van der Waals surface area contributed by atoms with Crippen molar-refractivity contribution in [2.24, 2.45) is 7.05 Å². The van der Waals surface area contributed by atoms with Crippen molar-refractivity contribution in [3.63, 3.8) is 0 Å². The van der Waals surface area contributed by atoms with Gasteiger partial charge in [-0.05, 0) is 35.4 Å². The average molecular weight is 307 g/mol. The molecule has 1 aromatic carbocycles. The Morgan fingerprint density at radius 3 is 2.95 bits per heavy atom. The van der Waals surface area contributed by atoms with Crippen LogP contribution in [0.5, 0.6) is 0 Å². The lowest BCUT2D eigenvalue weighted by Gasteiger charge is -2.24. The maximum atomic E-state index is 11.7. The second kappa shape index (κ2) is 5.44. The van der Waals surface area contributed by atoms with Crippen molar-refractivity contribution < 1.29 is 8.42 Å². The third-order valence-corrected chi connectivity index (χ3v) is 5.40. The number of anilines is 1. The third-order valence-electron chi connectivity index (χ3n) is 3.57. The Balaban J connectivity index is 1.79. The highest BCUT2D eigenvalue weighted by atomic mass is 32.2. The van der Waals surface area contributed by atoms with Crippen LogP contribution in [0.4, 0.5) is 5.69 Å². The Morgan fingerprint density at radius 1 is 1.38 bits per heavy atom. The second-order valence-corrected chi connectivity index (χ2v) is 7.53. The summed E-state index contributed by atoms with van der Waals surface area (Å²) in [7, 11) is -1.13. The van der Waals surface area contributed by atoms with Crippen molar-refractivity contribution in [1.82, 2.24) is 20.2 Å². The first-order valence-electron chi connectivity index (χ1n) is 6.83. The van der Waals surface area contributed by atoms with Crippen LogP contribution in [-0.4, -0.2) is 46.2 Å². The molecule has 2 heterocycles.